The van der Waals surface area contributed by atoms with Crippen LogP contribution in [0.2, 0.25) is 0 Å². The fourth-order valence-electron chi connectivity index (χ4n) is 5.00. The SMILES string of the molecule is CN(C)CC(=O)N1CCC(CC(=O)c2noc(C(C)(C)C)n2)c2ccc(-c3ccnc(Nc4cnn(C)c4)n3)cc2C1. The number of carbonyl (C=O) groups is 2. The van der Waals surface area contributed by atoms with Crippen molar-refractivity contribution >= 4 is 23.3 Å². The monoisotopic (exact) mass is 571 g/mol. The lowest BCUT2D eigenvalue weighted by atomic mass is 9.87. The first-order valence-electron chi connectivity index (χ1n) is 14.0. The van der Waals surface area contributed by atoms with Gasteiger partial charge in [0.1, 0.15) is 0 Å². The molecule has 1 atom stereocenters. The lowest BCUT2D eigenvalue weighted by Gasteiger charge is -2.23. The summed E-state index contributed by atoms with van der Waals surface area (Å²) >= 11 is 0. The number of carbonyl (C=O) groups excluding carboxylic acids is 2. The van der Waals surface area contributed by atoms with Gasteiger partial charge in [-0.15, -0.1) is 0 Å². The van der Waals surface area contributed by atoms with Crippen molar-refractivity contribution in [3.8, 4) is 11.3 Å². The molecule has 0 radical (unpaired) electrons. The van der Waals surface area contributed by atoms with Crippen LogP contribution in [0, 0.1) is 0 Å². The van der Waals surface area contributed by atoms with Gasteiger partial charge >= 0.3 is 0 Å². The number of hydrogen-bond donors (Lipinski definition) is 1. The highest BCUT2D eigenvalue weighted by atomic mass is 16.5. The van der Waals surface area contributed by atoms with Gasteiger partial charge in [0.25, 0.3) is 0 Å². The highest BCUT2D eigenvalue weighted by Gasteiger charge is 2.30. The summed E-state index contributed by atoms with van der Waals surface area (Å²) in [6.07, 6.45) is 6.12. The number of hydrogen-bond acceptors (Lipinski definition) is 10. The zero-order chi connectivity index (χ0) is 30.0. The lowest BCUT2D eigenvalue weighted by molar-refractivity contribution is -0.132. The number of Topliss-reactive ketones (excluding diaryl/α,β-unsaturated/α-hetero) is 1. The van der Waals surface area contributed by atoms with E-state index in [2.05, 4.69) is 37.7 Å². The summed E-state index contributed by atoms with van der Waals surface area (Å²) in [6, 6.07) is 7.98. The maximum Gasteiger partial charge on any atom is 0.238 e. The van der Waals surface area contributed by atoms with Crippen LogP contribution in [0.15, 0.2) is 47.4 Å². The fourth-order valence-corrected chi connectivity index (χ4v) is 5.00. The predicted molar refractivity (Wildman–Crippen MR) is 157 cm³/mol. The Bertz CT molecular complexity index is 1580. The number of fused-ring (bicyclic) bond motifs is 1. The summed E-state index contributed by atoms with van der Waals surface area (Å²) in [4.78, 5) is 43.6. The number of nitrogens with one attached hydrogen (secondary N) is 1. The molecule has 12 nitrogen and oxygen atoms in total. The van der Waals surface area contributed by atoms with Crippen molar-refractivity contribution in [3.63, 3.8) is 0 Å². The van der Waals surface area contributed by atoms with Crippen LogP contribution in [0.4, 0.5) is 11.6 Å². The highest BCUT2D eigenvalue weighted by Crippen LogP contribution is 2.35. The van der Waals surface area contributed by atoms with Gasteiger partial charge in [0, 0.05) is 49.9 Å². The van der Waals surface area contributed by atoms with Gasteiger partial charge in [-0.3, -0.25) is 14.3 Å². The summed E-state index contributed by atoms with van der Waals surface area (Å²) in [5, 5.41) is 11.3. The van der Waals surface area contributed by atoms with Crippen molar-refractivity contribution < 1.29 is 14.1 Å². The number of rotatable bonds is 8. The number of nitrogens with zero attached hydrogens (tertiary/aromatic N) is 8. The molecule has 1 aliphatic heterocycles. The van der Waals surface area contributed by atoms with E-state index in [0.717, 1.165) is 28.1 Å². The molecule has 1 aliphatic rings. The molecule has 42 heavy (non-hydrogen) atoms. The van der Waals surface area contributed by atoms with Gasteiger partial charge in [0.15, 0.2) is 0 Å². The van der Waals surface area contributed by atoms with Crippen LogP contribution in [-0.4, -0.2) is 78.6 Å². The molecular formula is C30H37N9O3. The largest absolute Gasteiger partial charge is 0.338 e. The summed E-state index contributed by atoms with van der Waals surface area (Å²) in [7, 11) is 5.61. The van der Waals surface area contributed by atoms with Crippen molar-refractivity contribution in [1.29, 1.82) is 0 Å². The van der Waals surface area contributed by atoms with Crippen LogP contribution in [-0.2, 0) is 23.8 Å². The maximum atomic E-state index is 13.3. The third-order valence-corrected chi connectivity index (χ3v) is 7.16. The van der Waals surface area contributed by atoms with Gasteiger partial charge in [0.2, 0.25) is 29.4 Å². The van der Waals surface area contributed by atoms with Crippen molar-refractivity contribution in [3.05, 3.63) is 65.7 Å². The Morgan fingerprint density at radius 1 is 1.17 bits per heavy atom. The molecule has 1 N–H and O–H groups in total. The normalized spacial score (nSPS) is 15.4. The average molecular weight is 572 g/mol. The Hall–Kier alpha value is -4.45. The second kappa shape index (κ2) is 11.8. The molecule has 5 rings (SSSR count). The van der Waals surface area contributed by atoms with Crippen molar-refractivity contribution in [2.24, 2.45) is 7.05 Å². The summed E-state index contributed by atoms with van der Waals surface area (Å²) in [5.74, 6) is 0.738. The predicted octanol–water partition coefficient (Wildman–Crippen LogP) is 3.95. The second-order valence-electron chi connectivity index (χ2n) is 12.0. The summed E-state index contributed by atoms with van der Waals surface area (Å²) in [6.45, 7) is 7.18. The first kappa shape index (κ1) is 29.1. The third-order valence-electron chi connectivity index (χ3n) is 7.16. The lowest BCUT2D eigenvalue weighted by Crippen LogP contribution is -2.37. The highest BCUT2D eigenvalue weighted by molar-refractivity contribution is 5.93. The van der Waals surface area contributed by atoms with Crippen molar-refractivity contribution in [2.45, 2.75) is 51.5 Å². The zero-order valence-electron chi connectivity index (χ0n) is 25.0. The minimum absolute atomic E-state index is 0.0429. The number of ketones is 1. The van der Waals surface area contributed by atoms with Crippen molar-refractivity contribution in [1.82, 2.24) is 39.7 Å². The molecule has 220 valence electrons. The van der Waals surface area contributed by atoms with E-state index in [0.29, 0.717) is 37.9 Å². The van der Waals surface area contributed by atoms with E-state index in [4.69, 9.17) is 9.51 Å². The standard InChI is InChI=1S/C30H37N9O3/c1-30(2,3)28-35-27(36-42-28)25(40)14-19-10-12-39(26(41)18-37(4)5)16-21-13-20(7-8-23(19)21)24-9-11-31-29(34-24)33-22-15-32-38(6)17-22/h7-9,11,13,15,17,19H,10,12,14,16,18H2,1-6H3,(H,31,33,34). The van der Waals surface area contributed by atoms with Crippen LogP contribution in [0.25, 0.3) is 11.3 Å². The summed E-state index contributed by atoms with van der Waals surface area (Å²) < 4.78 is 7.07. The van der Waals surface area contributed by atoms with Gasteiger partial charge in [-0.05, 0) is 49.7 Å². The molecule has 1 unspecified atom stereocenters. The van der Waals surface area contributed by atoms with Crippen molar-refractivity contribution in [2.75, 3.05) is 32.5 Å². The number of likely N-dealkylation sites (N-methyl/N-ethyl adjacent to an activating group) is 1. The molecule has 1 aromatic carbocycles. The molecular weight excluding hydrogens is 534 g/mol. The van der Waals surface area contributed by atoms with E-state index in [1.165, 1.54) is 0 Å². The first-order chi connectivity index (χ1) is 20.0. The Labute approximate surface area is 245 Å². The molecule has 0 spiro atoms. The van der Waals surface area contributed by atoms with E-state index in [-0.39, 0.29) is 35.3 Å². The Balaban J connectivity index is 1.44. The molecule has 0 saturated carbocycles. The van der Waals surface area contributed by atoms with E-state index >= 15 is 0 Å². The van der Waals surface area contributed by atoms with Gasteiger partial charge in [-0.1, -0.05) is 38.1 Å². The number of anilines is 2. The number of benzene rings is 1. The van der Waals surface area contributed by atoms with E-state index in [9.17, 15) is 9.59 Å². The Kier molecular flexibility index (Phi) is 8.17. The molecule has 0 aliphatic carbocycles. The maximum absolute atomic E-state index is 13.3. The number of amides is 1. The smallest absolute Gasteiger partial charge is 0.238 e. The second-order valence-corrected chi connectivity index (χ2v) is 12.0. The zero-order valence-corrected chi connectivity index (χ0v) is 25.0. The average Bonchev–Trinajstić information content (AvgIpc) is 3.55. The molecule has 12 heteroatoms. The van der Waals surface area contributed by atoms with Gasteiger partial charge < -0.3 is 19.6 Å². The van der Waals surface area contributed by atoms with Crippen LogP contribution in [0.3, 0.4) is 0 Å². The quantitative estimate of drug-likeness (QED) is 0.310. The molecule has 0 bridgehead atoms. The number of aryl methyl sites for hydroxylation is 1. The minimum atomic E-state index is -0.349. The van der Waals surface area contributed by atoms with Crippen LogP contribution >= 0.6 is 0 Å². The molecule has 4 aromatic rings. The first-order valence-corrected chi connectivity index (χ1v) is 14.0. The summed E-state index contributed by atoms with van der Waals surface area (Å²) in [5.41, 5.74) is 4.09. The van der Waals surface area contributed by atoms with Crippen LogP contribution in [0.1, 0.15) is 67.2 Å². The van der Waals surface area contributed by atoms with Crippen LogP contribution in [0.5, 0.6) is 0 Å². The Morgan fingerprint density at radius 3 is 2.67 bits per heavy atom. The minimum Gasteiger partial charge on any atom is -0.338 e. The number of aromatic nitrogens is 6. The molecule has 4 heterocycles. The molecule has 3 aromatic heterocycles. The van der Waals surface area contributed by atoms with Gasteiger partial charge in [-0.2, -0.15) is 10.1 Å². The van der Waals surface area contributed by atoms with E-state index in [1.807, 2.05) is 70.0 Å². The third kappa shape index (κ3) is 6.71. The fraction of sp³-hybridized carbons (Fsp3) is 0.433. The van der Waals surface area contributed by atoms with E-state index in [1.54, 1.807) is 17.1 Å². The topological polar surface area (TPSA) is 135 Å². The molecule has 0 fully saturated rings. The van der Waals surface area contributed by atoms with Crippen LogP contribution < -0.4 is 5.32 Å². The Morgan fingerprint density at radius 2 is 1.98 bits per heavy atom. The van der Waals surface area contributed by atoms with E-state index < -0.39 is 0 Å². The van der Waals surface area contributed by atoms with Gasteiger partial charge in [0.05, 0.1) is 24.1 Å². The molecule has 0 saturated heterocycles. The van der Waals surface area contributed by atoms with Gasteiger partial charge in [-0.25, -0.2) is 9.97 Å². The molecule has 1 amide bonds.